The second kappa shape index (κ2) is 5.55. The van der Waals surface area contributed by atoms with E-state index in [1.54, 1.807) is 11.8 Å². The molecule has 1 aliphatic carbocycles. The van der Waals surface area contributed by atoms with Gasteiger partial charge < -0.3 is 10.4 Å². The maximum atomic E-state index is 13.4. The Labute approximate surface area is 110 Å². The number of thioether (sulfide) groups is 1. The highest BCUT2D eigenvalue weighted by molar-refractivity contribution is 8.00. The predicted octanol–water partition coefficient (Wildman–Crippen LogP) is 2.48. The van der Waals surface area contributed by atoms with Crippen molar-refractivity contribution in [3.8, 4) is 0 Å². The third-order valence-electron chi connectivity index (χ3n) is 3.36. The van der Waals surface area contributed by atoms with Crippen LogP contribution < -0.4 is 5.32 Å². The van der Waals surface area contributed by atoms with Gasteiger partial charge in [0.25, 0.3) is 0 Å². The van der Waals surface area contributed by atoms with Gasteiger partial charge in [0.1, 0.15) is 11.6 Å². The van der Waals surface area contributed by atoms with E-state index in [0.29, 0.717) is 0 Å². The molecule has 18 heavy (non-hydrogen) atoms. The first-order valence-corrected chi connectivity index (χ1v) is 7.18. The molecule has 0 amide bonds. The van der Waals surface area contributed by atoms with Crippen molar-refractivity contribution in [3.63, 3.8) is 0 Å². The summed E-state index contributed by atoms with van der Waals surface area (Å²) >= 11 is 1.80. The van der Waals surface area contributed by atoms with Gasteiger partial charge in [0, 0.05) is 17.8 Å². The molecule has 1 atom stereocenters. The molecule has 0 bridgehead atoms. The van der Waals surface area contributed by atoms with Crippen LogP contribution in [-0.4, -0.2) is 29.2 Å². The summed E-state index contributed by atoms with van der Waals surface area (Å²) in [6, 6.07) is 3.61. The van der Waals surface area contributed by atoms with Crippen molar-refractivity contribution in [1.82, 2.24) is 5.32 Å². The van der Waals surface area contributed by atoms with Crippen LogP contribution in [-0.2, 0) is 0 Å². The molecule has 1 aromatic carbocycles. The first kappa shape index (κ1) is 13.8. The minimum absolute atomic E-state index is 0.167. The minimum Gasteiger partial charge on any atom is -0.387 e. The monoisotopic (exact) mass is 273 g/mol. The molecule has 0 spiro atoms. The molecule has 0 aliphatic heterocycles. The zero-order valence-corrected chi connectivity index (χ0v) is 11.1. The minimum atomic E-state index is -1.15. The first-order chi connectivity index (χ1) is 8.58. The molecule has 1 unspecified atom stereocenters. The zero-order valence-electron chi connectivity index (χ0n) is 10.2. The highest BCUT2D eigenvalue weighted by Crippen LogP contribution is 2.46. The van der Waals surface area contributed by atoms with Gasteiger partial charge in [-0.2, -0.15) is 11.8 Å². The Morgan fingerprint density at radius 2 is 2.00 bits per heavy atom. The number of aliphatic hydroxyl groups excluding tert-OH is 1. The van der Waals surface area contributed by atoms with E-state index in [9.17, 15) is 13.9 Å². The largest absolute Gasteiger partial charge is 0.387 e. The fraction of sp³-hybridized carbons (Fsp3) is 0.538. The summed E-state index contributed by atoms with van der Waals surface area (Å²) in [6.07, 6.45) is 3.22. The van der Waals surface area contributed by atoms with E-state index < -0.39 is 17.7 Å². The molecule has 1 aliphatic rings. The Morgan fingerprint density at radius 3 is 2.50 bits per heavy atom. The van der Waals surface area contributed by atoms with Gasteiger partial charge in [-0.1, -0.05) is 6.07 Å². The Bertz CT molecular complexity index is 403. The molecule has 5 heteroatoms. The molecule has 2 N–H and O–H groups in total. The van der Waals surface area contributed by atoms with Crippen LogP contribution in [0.2, 0.25) is 0 Å². The Morgan fingerprint density at radius 1 is 1.39 bits per heavy atom. The summed E-state index contributed by atoms with van der Waals surface area (Å²) in [5.41, 5.74) is -0.251. The number of benzene rings is 1. The highest BCUT2D eigenvalue weighted by atomic mass is 32.2. The van der Waals surface area contributed by atoms with Gasteiger partial charge in [0.15, 0.2) is 0 Å². The third kappa shape index (κ3) is 3.02. The fourth-order valence-corrected chi connectivity index (χ4v) is 2.72. The van der Waals surface area contributed by atoms with E-state index in [1.807, 2.05) is 0 Å². The van der Waals surface area contributed by atoms with Crippen LogP contribution in [0.4, 0.5) is 8.78 Å². The molecule has 2 rings (SSSR count). The molecule has 0 saturated heterocycles. The predicted molar refractivity (Wildman–Crippen MR) is 69.7 cm³/mol. The summed E-state index contributed by atoms with van der Waals surface area (Å²) in [5, 5.41) is 12.9. The molecule has 2 nitrogen and oxygen atoms in total. The lowest BCUT2D eigenvalue weighted by Crippen LogP contribution is -2.30. The molecular weight excluding hydrogens is 256 g/mol. The van der Waals surface area contributed by atoms with Gasteiger partial charge in [-0.25, -0.2) is 8.78 Å². The van der Waals surface area contributed by atoms with Gasteiger partial charge in [0.05, 0.1) is 11.7 Å². The van der Waals surface area contributed by atoms with E-state index >= 15 is 0 Å². The van der Waals surface area contributed by atoms with E-state index in [0.717, 1.165) is 31.5 Å². The van der Waals surface area contributed by atoms with E-state index in [2.05, 4.69) is 11.6 Å². The van der Waals surface area contributed by atoms with Gasteiger partial charge in [-0.15, -0.1) is 0 Å². The second-order valence-electron chi connectivity index (χ2n) is 4.67. The summed E-state index contributed by atoms with van der Waals surface area (Å²) in [5.74, 6) is -1.40. The number of halogens is 2. The quantitative estimate of drug-likeness (QED) is 0.835. The molecule has 1 saturated carbocycles. The van der Waals surface area contributed by atoms with Crippen LogP contribution in [0.5, 0.6) is 0 Å². The molecule has 1 fully saturated rings. The SMILES string of the molecule is CSC1(CNCC(O)c2c(F)cccc2F)CC1. The van der Waals surface area contributed by atoms with Crippen LogP contribution in [0, 0.1) is 11.6 Å². The lowest BCUT2D eigenvalue weighted by atomic mass is 10.1. The van der Waals surface area contributed by atoms with Gasteiger partial charge in [-0.3, -0.25) is 0 Å². The van der Waals surface area contributed by atoms with Gasteiger partial charge in [-0.05, 0) is 31.2 Å². The van der Waals surface area contributed by atoms with Crippen LogP contribution in [0.25, 0.3) is 0 Å². The van der Waals surface area contributed by atoms with E-state index in [4.69, 9.17) is 0 Å². The zero-order chi connectivity index (χ0) is 13.2. The lowest BCUT2D eigenvalue weighted by Gasteiger charge is -2.17. The Balaban J connectivity index is 1.89. The van der Waals surface area contributed by atoms with Crippen LogP contribution >= 0.6 is 11.8 Å². The van der Waals surface area contributed by atoms with Gasteiger partial charge >= 0.3 is 0 Å². The average Bonchev–Trinajstić information content (AvgIpc) is 3.09. The summed E-state index contributed by atoms with van der Waals surface area (Å²) in [6.45, 7) is 0.932. The number of hydrogen-bond acceptors (Lipinski definition) is 3. The summed E-state index contributed by atoms with van der Waals surface area (Å²) in [7, 11) is 0. The summed E-state index contributed by atoms with van der Waals surface area (Å²) < 4.78 is 27.1. The van der Waals surface area contributed by atoms with Crippen molar-refractivity contribution in [1.29, 1.82) is 0 Å². The average molecular weight is 273 g/mol. The van der Waals surface area contributed by atoms with Crippen molar-refractivity contribution >= 4 is 11.8 Å². The molecule has 1 aromatic rings. The molecular formula is C13H17F2NOS. The molecule has 100 valence electrons. The Kier molecular flexibility index (Phi) is 4.25. The van der Waals surface area contributed by atoms with Crippen LogP contribution in [0.15, 0.2) is 18.2 Å². The van der Waals surface area contributed by atoms with Crippen molar-refractivity contribution in [2.24, 2.45) is 0 Å². The van der Waals surface area contributed by atoms with Crippen molar-refractivity contribution in [2.45, 2.75) is 23.7 Å². The second-order valence-corrected chi connectivity index (χ2v) is 5.94. The van der Waals surface area contributed by atoms with Crippen molar-refractivity contribution in [3.05, 3.63) is 35.4 Å². The molecule has 0 aromatic heterocycles. The third-order valence-corrected chi connectivity index (χ3v) is 4.78. The number of aliphatic hydroxyl groups is 1. The lowest BCUT2D eigenvalue weighted by molar-refractivity contribution is 0.165. The van der Waals surface area contributed by atoms with Crippen LogP contribution in [0.3, 0.4) is 0 Å². The topological polar surface area (TPSA) is 32.3 Å². The summed E-state index contributed by atoms with van der Waals surface area (Å²) in [4.78, 5) is 0. The molecule has 0 heterocycles. The van der Waals surface area contributed by atoms with E-state index in [-0.39, 0.29) is 16.9 Å². The molecule has 0 radical (unpaired) electrons. The maximum absolute atomic E-state index is 13.4. The smallest absolute Gasteiger partial charge is 0.131 e. The first-order valence-electron chi connectivity index (χ1n) is 5.96. The van der Waals surface area contributed by atoms with Crippen molar-refractivity contribution in [2.75, 3.05) is 19.3 Å². The number of hydrogen-bond donors (Lipinski definition) is 2. The standard InChI is InChI=1S/C13H17F2NOS/c1-18-13(5-6-13)8-16-7-11(17)12-9(14)3-2-4-10(12)15/h2-4,11,16-17H,5-8H2,1H3. The Hall–Kier alpha value is -0.650. The van der Waals surface area contributed by atoms with Crippen molar-refractivity contribution < 1.29 is 13.9 Å². The number of rotatable bonds is 6. The maximum Gasteiger partial charge on any atom is 0.131 e. The normalized spacial score (nSPS) is 18.7. The van der Waals surface area contributed by atoms with Gasteiger partial charge in [0.2, 0.25) is 0 Å². The number of nitrogens with one attached hydrogen (secondary N) is 1. The van der Waals surface area contributed by atoms with Crippen LogP contribution in [0.1, 0.15) is 24.5 Å². The van der Waals surface area contributed by atoms with E-state index in [1.165, 1.54) is 6.07 Å². The highest BCUT2D eigenvalue weighted by Gasteiger charge is 2.41. The fourth-order valence-electron chi connectivity index (χ4n) is 1.96.